The molecule has 30 heavy (non-hydrogen) atoms. The third kappa shape index (κ3) is 8.32. The number of hydrogen-bond acceptors (Lipinski definition) is 5. The molecule has 0 bridgehead atoms. The number of aliphatic hydroxyl groups is 1. The van der Waals surface area contributed by atoms with Crippen molar-refractivity contribution in [1.29, 1.82) is 0 Å². The van der Waals surface area contributed by atoms with Crippen LogP contribution in [0, 0.1) is 5.92 Å². The lowest BCUT2D eigenvalue weighted by Gasteiger charge is -2.34. The third-order valence-corrected chi connectivity index (χ3v) is 7.24. The van der Waals surface area contributed by atoms with Crippen molar-refractivity contribution in [2.75, 3.05) is 7.11 Å². The van der Waals surface area contributed by atoms with E-state index >= 15 is 0 Å². The number of methoxy groups -OCH3 is 1. The highest BCUT2D eigenvalue weighted by Crippen LogP contribution is 2.34. The largest absolute Gasteiger partial charge is 0.469 e. The van der Waals surface area contributed by atoms with E-state index in [0.29, 0.717) is 12.8 Å². The summed E-state index contributed by atoms with van der Waals surface area (Å²) < 4.78 is 11.0. The fraction of sp³-hybridized carbons (Fsp3) is 0.667. The number of ketones is 1. The predicted octanol–water partition coefficient (Wildman–Crippen LogP) is 4.08. The van der Waals surface area contributed by atoms with Gasteiger partial charge >= 0.3 is 5.97 Å². The average molecular weight is 437 g/mol. The van der Waals surface area contributed by atoms with Crippen LogP contribution < -0.4 is 0 Å². The van der Waals surface area contributed by atoms with Crippen LogP contribution in [-0.4, -0.2) is 39.3 Å². The van der Waals surface area contributed by atoms with Crippen LogP contribution in [-0.2, 0) is 30.8 Å². The molecule has 1 rings (SSSR count). The van der Waals surface area contributed by atoms with Gasteiger partial charge in [0.15, 0.2) is 9.76 Å². The van der Waals surface area contributed by atoms with Crippen molar-refractivity contribution in [3.8, 4) is 0 Å². The number of esters is 1. The molecule has 0 spiro atoms. The van der Waals surface area contributed by atoms with E-state index in [2.05, 4.69) is 51.5 Å². The summed E-state index contributed by atoms with van der Waals surface area (Å²) in [5, 5.41) is 11.4. The summed E-state index contributed by atoms with van der Waals surface area (Å²) in [6, 6.07) is 8.16. The van der Waals surface area contributed by atoms with Crippen LogP contribution >= 0.6 is 0 Å². The lowest BCUT2D eigenvalue weighted by atomic mass is 9.79. The van der Waals surface area contributed by atoms with Gasteiger partial charge in [-0.05, 0) is 48.8 Å². The second-order valence-electron chi connectivity index (χ2n) is 10.2. The maximum atomic E-state index is 12.3. The van der Waals surface area contributed by atoms with Crippen LogP contribution in [0.15, 0.2) is 24.3 Å². The summed E-state index contributed by atoms with van der Waals surface area (Å²) in [5.41, 5.74) is 0.648. The lowest BCUT2D eigenvalue weighted by Crippen LogP contribution is -2.39. The molecule has 0 amide bonds. The Kier molecular flexibility index (Phi) is 9.45. The Morgan fingerprint density at radius 3 is 2.23 bits per heavy atom. The van der Waals surface area contributed by atoms with Crippen molar-refractivity contribution in [3.05, 3.63) is 35.4 Å². The van der Waals surface area contributed by atoms with Crippen LogP contribution in [0.4, 0.5) is 0 Å². The van der Waals surface area contributed by atoms with E-state index in [1.165, 1.54) is 7.11 Å². The summed E-state index contributed by atoms with van der Waals surface area (Å²) in [6.45, 7) is 14.6. The van der Waals surface area contributed by atoms with Gasteiger partial charge in [0.2, 0.25) is 0 Å². The highest BCUT2D eigenvalue weighted by Gasteiger charge is 2.35. The molecule has 0 heterocycles. The standard InChI is InChI=1S/C24H40O5Si/c1-17(2)24(27,16-19(25)15-21(26)28-8)14-13-18-11-9-10-12-20(18)23(6,7)29-30-22(3,4)5/h9-12,17,27H,13-16,30H2,1-8H3. The molecule has 1 aromatic rings. The Morgan fingerprint density at radius 2 is 1.70 bits per heavy atom. The summed E-state index contributed by atoms with van der Waals surface area (Å²) >= 11 is 0. The number of ether oxygens (including phenoxy) is 1. The Morgan fingerprint density at radius 1 is 1.10 bits per heavy atom. The van der Waals surface area contributed by atoms with Gasteiger partial charge in [0.1, 0.15) is 12.2 Å². The van der Waals surface area contributed by atoms with E-state index in [4.69, 9.17) is 4.43 Å². The van der Waals surface area contributed by atoms with Crippen LogP contribution in [0.2, 0.25) is 5.04 Å². The van der Waals surface area contributed by atoms with Crippen molar-refractivity contribution in [2.45, 2.75) is 90.4 Å². The van der Waals surface area contributed by atoms with Crippen LogP contribution in [0.5, 0.6) is 0 Å². The van der Waals surface area contributed by atoms with Crippen LogP contribution in [0.25, 0.3) is 0 Å². The van der Waals surface area contributed by atoms with Crippen molar-refractivity contribution in [1.82, 2.24) is 0 Å². The Labute approximate surface area is 184 Å². The van der Waals surface area contributed by atoms with Crippen molar-refractivity contribution in [2.24, 2.45) is 5.92 Å². The molecule has 1 aromatic carbocycles. The second-order valence-corrected chi connectivity index (χ2v) is 12.9. The fourth-order valence-corrected chi connectivity index (χ4v) is 4.32. The first-order valence-corrected chi connectivity index (χ1v) is 12.0. The zero-order valence-electron chi connectivity index (χ0n) is 20.0. The number of hydrogen-bond donors (Lipinski definition) is 1. The molecule has 1 unspecified atom stereocenters. The first-order valence-electron chi connectivity index (χ1n) is 10.7. The molecule has 5 nitrogen and oxygen atoms in total. The smallest absolute Gasteiger partial charge is 0.313 e. The average Bonchev–Trinajstić information content (AvgIpc) is 2.64. The minimum atomic E-state index is -1.18. The van der Waals surface area contributed by atoms with E-state index in [9.17, 15) is 14.7 Å². The molecular formula is C24H40O5Si. The van der Waals surface area contributed by atoms with Crippen molar-refractivity contribution in [3.63, 3.8) is 0 Å². The van der Waals surface area contributed by atoms with Crippen LogP contribution in [0.3, 0.4) is 0 Å². The molecular weight excluding hydrogens is 396 g/mol. The minimum Gasteiger partial charge on any atom is -0.469 e. The number of carbonyl (C=O) groups excluding carboxylic acids is 2. The normalized spacial score (nSPS) is 14.9. The monoisotopic (exact) mass is 436 g/mol. The van der Waals surface area contributed by atoms with E-state index in [0.717, 1.165) is 11.1 Å². The molecule has 0 aliphatic heterocycles. The molecule has 1 atom stereocenters. The fourth-order valence-electron chi connectivity index (χ4n) is 3.37. The quantitative estimate of drug-likeness (QED) is 0.321. The second kappa shape index (κ2) is 10.7. The molecule has 0 aliphatic rings. The minimum absolute atomic E-state index is 0.0568. The van der Waals surface area contributed by atoms with Gasteiger partial charge in [-0.3, -0.25) is 9.59 Å². The van der Waals surface area contributed by atoms with E-state index < -0.39 is 26.9 Å². The summed E-state index contributed by atoms with van der Waals surface area (Å²) in [7, 11) is 0.523. The molecule has 0 aliphatic carbocycles. The zero-order valence-corrected chi connectivity index (χ0v) is 21.4. The van der Waals surface area contributed by atoms with E-state index in [1.807, 2.05) is 26.0 Å². The Hall–Kier alpha value is -1.50. The van der Waals surface area contributed by atoms with E-state index in [-0.39, 0.29) is 29.6 Å². The lowest BCUT2D eigenvalue weighted by molar-refractivity contribution is -0.144. The molecule has 1 N–H and O–H groups in total. The SMILES string of the molecule is COC(=O)CC(=O)CC(O)(CCc1ccccc1C(C)(C)O[SiH2]C(C)(C)C)C(C)C. The molecule has 0 fully saturated rings. The van der Waals surface area contributed by atoms with Gasteiger partial charge in [0.25, 0.3) is 0 Å². The number of Topliss-reactive ketones (excluding diaryl/α,β-unsaturated/α-hetero) is 1. The van der Waals surface area contributed by atoms with Gasteiger partial charge in [-0.2, -0.15) is 0 Å². The number of carbonyl (C=O) groups is 2. The maximum absolute atomic E-state index is 12.3. The maximum Gasteiger partial charge on any atom is 0.313 e. The molecule has 0 saturated heterocycles. The Balaban J connectivity index is 2.98. The highest BCUT2D eigenvalue weighted by atomic mass is 28.2. The van der Waals surface area contributed by atoms with Gasteiger partial charge < -0.3 is 14.3 Å². The molecule has 170 valence electrons. The molecule has 0 radical (unpaired) electrons. The van der Waals surface area contributed by atoms with Gasteiger partial charge in [-0.25, -0.2) is 0 Å². The first kappa shape index (κ1) is 26.5. The first-order chi connectivity index (χ1) is 13.7. The highest BCUT2D eigenvalue weighted by molar-refractivity contribution is 6.31. The molecule has 0 saturated carbocycles. The summed E-state index contributed by atoms with van der Waals surface area (Å²) in [5.74, 6) is -0.992. The summed E-state index contributed by atoms with van der Waals surface area (Å²) in [4.78, 5) is 23.7. The Bertz CT molecular complexity index is 721. The van der Waals surface area contributed by atoms with Gasteiger partial charge in [0, 0.05) is 6.42 Å². The van der Waals surface area contributed by atoms with Gasteiger partial charge in [-0.1, -0.05) is 58.9 Å². The predicted molar refractivity (Wildman–Crippen MR) is 123 cm³/mol. The number of aryl methyl sites for hydroxylation is 1. The van der Waals surface area contributed by atoms with Gasteiger partial charge in [-0.15, -0.1) is 0 Å². The topological polar surface area (TPSA) is 72.8 Å². The van der Waals surface area contributed by atoms with Gasteiger partial charge in [0.05, 0.1) is 18.3 Å². The molecule has 6 heteroatoms. The summed E-state index contributed by atoms with van der Waals surface area (Å²) in [6.07, 6.45) is 0.695. The third-order valence-electron chi connectivity index (χ3n) is 5.51. The number of benzene rings is 1. The van der Waals surface area contributed by atoms with Crippen molar-refractivity contribution < 1.29 is 23.9 Å². The van der Waals surface area contributed by atoms with Crippen LogP contribution in [0.1, 0.15) is 78.9 Å². The van der Waals surface area contributed by atoms with Crippen molar-refractivity contribution >= 4 is 21.5 Å². The van der Waals surface area contributed by atoms with E-state index in [1.54, 1.807) is 0 Å². The number of rotatable bonds is 11. The molecule has 0 aromatic heterocycles. The zero-order chi connectivity index (χ0) is 23.2.